The van der Waals surface area contributed by atoms with Gasteiger partial charge in [-0.2, -0.15) is 13.2 Å². The smallest absolute Gasteiger partial charge is 0.417 e. The van der Waals surface area contributed by atoms with Gasteiger partial charge in [0.15, 0.2) is 0 Å². The fourth-order valence-corrected chi connectivity index (χ4v) is 4.51. The lowest BCUT2D eigenvalue weighted by Crippen LogP contribution is -2.42. The highest BCUT2D eigenvalue weighted by Crippen LogP contribution is 2.36. The van der Waals surface area contributed by atoms with Gasteiger partial charge in [-0.15, -0.1) is 0 Å². The molecule has 0 aliphatic rings. The number of aryl methyl sites for hydroxylation is 2. The Morgan fingerprint density at radius 1 is 1.00 bits per heavy atom. The van der Waals surface area contributed by atoms with Crippen molar-refractivity contribution in [2.75, 3.05) is 6.61 Å². The van der Waals surface area contributed by atoms with Gasteiger partial charge in [-0.05, 0) is 43.7 Å². The molecule has 0 radical (unpaired) electrons. The normalized spacial score (nSPS) is 11.8. The maximum atomic E-state index is 13.5. The zero-order valence-electron chi connectivity index (χ0n) is 20.5. The molecule has 0 N–H and O–H groups in total. The van der Waals surface area contributed by atoms with Gasteiger partial charge < -0.3 is 4.74 Å². The van der Waals surface area contributed by atoms with Crippen LogP contribution < -0.4 is 16.9 Å². The molecule has 0 aliphatic heterocycles. The summed E-state index contributed by atoms with van der Waals surface area (Å²) >= 11 is 6.00. The molecule has 0 amide bonds. The number of aromatic nitrogens is 4. The van der Waals surface area contributed by atoms with E-state index in [9.17, 15) is 32.3 Å². The molecule has 38 heavy (non-hydrogen) atoms. The molecule has 0 atom stereocenters. The van der Waals surface area contributed by atoms with E-state index in [1.165, 1.54) is 28.2 Å². The molecule has 2 aromatic heterocycles. The summed E-state index contributed by atoms with van der Waals surface area (Å²) in [6, 6.07) is 7.81. The molecule has 4 aromatic rings. The molecule has 4 rings (SSSR count). The molecule has 13 heteroatoms. The molecule has 2 aromatic carbocycles. The van der Waals surface area contributed by atoms with Crippen LogP contribution in [0.2, 0.25) is 5.02 Å². The first-order valence-corrected chi connectivity index (χ1v) is 11.9. The molecule has 200 valence electrons. The summed E-state index contributed by atoms with van der Waals surface area (Å²) in [4.78, 5) is 51.8. The number of rotatable bonds is 6. The van der Waals surface area contributed by atoms with Crippen LogP contribution >= 0.6 is 11.6 Å². The van der Waals surface area contributed by atoms with E-state index >= 15 is 0 Å². The fourth-order valence-electron chi connectivity index (χ4n) is 4.22. The van der Waals surface area contributed by atoms with E-state index in [1.54, 1.807) is 26.1 Å². The van der Waals surface area contributed by atoms with E-state index in [4.69, 9.17) is 16.3 Å². The Hall–Kier alpha value is -4.06. The Kier molecular flexibility index (Phi) is 7.11. The Bertz CT molecular complexity index is 1750. The SMILES string of the molecule is CCOC(=O)c1cn(-c2ccc3c(c2)n(CC)c(=O)n3C)c(=O)n(Cc2cccc(C(F)(F)F)c2Cl)c1=O. The minimum absolute atomic E-state index is 0.0599. The molecule has 0 aliphatic carbocycles. The van der Waals surface area contributed by atoms with Gasteiger partial charge in [0.05, 0.1) is 40.5 Å². The third-order valence-corrected chi connectivity index (χ3v) is 6.55. The summed E-state index contributed by atoms with van der Waals surface area (Å²) in [6.45, 7) is 2.95. The highest BCUT2D eigenvalue weighted by atomic mass is 35.5. The maximum Gasteiger partial charge on any atom is 0.417 e. The van der Waals surface area contributed by atoms with E-state index in [1.807, 2.05) is 0 Å². The van der Waals surface area contributed by atoms with Crippen molar-refractivity contribution >= 4 is 28.6 Å². The van der Waals surface area contributed by atoms with Gasteiger partial charge in [0.1, 0.15) is 5.56 Å². The summed E-state index contributed by atoms with van der Waals surface area (Å²) in [7, 11) is 1.60. The summed E-state index contributed by atoms with van der Waals surface area (Å²) in [5.41, 5.74) is -2.74. The number of alkyl halides is 3. The Morgan fingerprint density at radius 3 is 2.34 bits per heavy atom. The molecule has 2 heterocycles. The summed E-state index contributed by atoms with van der Waals surface area (Å²) in [5, 5.41) is -0.669. The number of ether oxygens (including phenoxy) is 1. The van der Waals surface area contributed by atoms with Crippen LogP contribution in [0.5, 0.6) is 0 Å². The van der Waals surface area contributed by atoms with Crippen molar-refractivity contribution in [2.45, 2.75) is 33.1 Å². The minimum Gasteiger partial charge on any atom is -0.462 e. The summed E-state index contributed by atoms with van der Waals surface area (Å²) in [6.07, 6.45) is -3.74. The molecule has 0 saturated heterocycles. The molecular weight excluding hydrogens is 529 g/mol. The Balaban J connectivity index is 1.98. The van der Waals surface area contributed by atoms with E-state index in [-0.39, 0.29) is 23.5 Å². The van der Waals surface area contributed by atoms with Crippen molar-refractivity contribution in [3.63, 3.8) is 0 Å². The van der Waals surface area contributed by atoms with Crippen LogP contribution in [0, 0.1) is 0 Å². The lowest BCUT2D eigenvalue weighted by atomic mass is 10.1. The van der Waals surface area contributed by atoms with Crippen LogP contribution in [-0.4, -0.2) is 30.8 Å². The summed E-state index contributed by atoms with van der Waals surface area (Å²) in [5.74, 6) is -1.01. The number of imidazole rings is 1. The number of hydrogen-bond acceptors (Lipinski definition) is 5. The first kappa shape index (κ1) is 27.0. The minimum atomic E-state index is -4.76. The third-order valence-electron chi connectivity index (χ3n) is 6.10. The van der Waals surface area contributed by atoms with Gasteiger partial charge in [-0.25, -0.2) is 14.4 Å². The van der Waals surface area contributed by atoms with E-state index < -0.39 is 46.1 Å². The standard InChI is InChI=1S/C25H22ClF3N4O5/c1-4-31-19-11-15(9-10-18(19)30(3)23(31)36)32-13-16(22(35)38-5-2)21(34)33(24(32)37)12-14-7-6-8-17(20(14)26)25(27,28)29/h6-11,13H,4-5,12H2,1-3H3. The number of halogens is 4. The molecule has 0 spiro atoms. The van der Waals surface area contributed by atoms with Crippen molar-refractivity contribution in [1.82, 2.24) is 18.3 Å². The first-order valence-electron chi connectivity index (χ1n) is 11.5. The van der Waals surface area contributed by atoms with Gasteiger partial charge in [0, 0.05) is 19.8 Å². The molecule has 0 bridgehead atoms. The number of benzene rings is 2. The van der Waals surface area contributed by atoms with Crippen LogP contribution in [0.1, 0.15) is 35.3 Å². The predicted molar refractivity (Wildman–Crippen MR) is 134 cm³/mol. The molecule has 0 unspecified atom stereocenters. The quantitative estimate of drug-likeness (QED) is 0.342. The van der Waals surface area contributed by atoms with E-state index in [0.29, 0.717) is 22.1 Å². The van der Waals surface area contributed by atoms with Crippen molar-refractivity contribution in [2.24, 2.45) is 7.05 Å². The van der Waals surface area contributed by atoms with Crippen molar-refractivity contribution in [3.05, 3.63) is 95.6 Å². The molecule has 9 nitrogen and oxygen atoms in total. The summed E-state index contributed by atoms with van der Waals surface area (Å²) < 4.78 is 49.7. The lowest BCUT2D eigenvalue weighted by Gasteiger charge is -2.15. The number of carbonyl (C=O) groups is 1. The number of nitrogens with zero attached hydrogens (tertiary/aromatic N) is 4. The second-order valence-corrected chi connectivity index (χ2v) is 8.72. The monoisotopic (exact) mass is 550 g/mol. The van der Waals surface area contributed by atoms with Gasteiger partial charge in [-0.3, -0.25) is 23.1 Å². The van der Waals surface area contributed by atoms with Crippen molar-refractivity contribution in [3.8, 4) is 5.69 Å². The number of esters is 1. The maximum absolute atomic E-state index is 13.5. The zero-order valence-corrected chi connectivity index (χ0v) is 21.3. The van der Waals surface area contributed by atoms with Gasteiger partial charge >= 0.3 is 23.5 Å². The highest BCUT2D eigenvalue weighted by molar-refractivity contribution is 6.32. The average Bonchev–Trinajstić information content (AvgIpc) is 3.10. The number of hydrogen-bond donors (Lipinski definition) is 0. The Labute approximate surface area is 217 Å². The van der Waals surface area contributed by atoms with E-state index in [0.717, 1.165) is 22.9 Å². The molecule has 0 saturated carbocycles. The van der Waals surface area contributed by atoms with Crippen LogP contribution in [0.25, 0.3) is 16.7 Å². The largest absolute Gasteiger partial charge is 0.462 e. The van der Waals surface area contributed by atoms with Crippen molar-refractivity contribution < 1.29 is 22.7 Å². The second kappa shape index (κ2) is 10.0. The molecule has 0 fully saturated rings. The zero-order chi connectivity index (χ0) is 27.9. The van der Waals surface area contributed by atoms with Crippen LogP contribution in [0.4, 0.5) is 13.2 Å². The third kappa shape index (κ3) is 4.55. The van der Waals surface area contributed by atoms with Crippen molar-refractivity contribution in [1.29, 1.82) is 0 Å². The van der Waals surface area contributed by atoms with E-state index in [2.05, 4.69) is 0 Å². The first-order chi connectivity index (χ1) is 17.9. The Morgan fingerprint density at radius 2 is 1.71 bits per heavy atom. The van der Waals surface area contributed by atoms with Gasteiger partial charge in [-0.1, -0.05) is 23.7 Å². The second-order valence-electron chi connectivity index (χ2n) is 8.34. The highest BCUT2D eigenvalue weighted by Gasteiger charge is 2.34. The molecular formula is C25H22ClF3N4O5. The number of carbonyl (C=O) groups excluding carboxylic acids is 1. The fraction of sp³-hybridized carbons (Fsp3) is 0.280. The lowest BCUT2D eigenvalue weighted by molar-refractivity contribution is -0.137. The average molecular weight is 551 g/mol. The number of fused-ring (bicyclic) bond motifs is 1. The van der Waals surface area contributed by atoms with Crippen LogP contribution in [0.15, 0.2) is 57.0 Å². The van der Waals surface area contributed by atoms with Crippen LogP contribution in [0.3, 0.4) is 0 Å². The topological polar surface area (TPSA) is 97.2 Å². The van der Waals surface area contributed by atoms with Gasteiger partial charge in [0.25, 0.3) is 5.56 Å². The predicted octanol–water partition coefficient (Wildman–Crippen LogP) is 3.57. The van der Waals surface area contributed by atoms with Crippen LogP contribution in [-0.2, 0) is 31.1 Å². The van der Waals surface area contributed by atoms with Gasteiger partial charge in [0.2, 0.25) is 0 Å².